The van der Waals surface area contributed by atoms with Crippen molar-refractivity contribution in [2.45, 2.75) is 52.0 Å². The molecule has 0 unspecified atom stereocenters. The first-order chi connectivity index (χ1) is 9.32. The Morgan fingerprint density at radius 3 is 2.55 bits per heavy atom. The summed E-state index contributed by atoms with van der Waals surface area (Å²) in [4.78, 5) is 19.0. The van der Waals surface area contributed by atoms with Crippen molar-refractivity contribution in [3.63, 3.8) is 0 Å². The van der Waals surface area contributed by atoms with Gasteiger partial charge >= 0.3 is 0 Å². The van der Waals surface area contributed by atoms with E-state index in [0.29, 0.717) is 6.04 Å². The van der Waals surface area contributed by atoms with Crippen LogP contribution in [0, 0.1) is 0 Å². The third-order valence-electron chi connectivity index (χ3n) is 3.61. The van der Waals surface area contributed by atoms with E-state index in [4.69, 9.17) is 0 Å². The number of anilines is 1. The predicted molar refractivity (Wildman–Crippen MR) is 82.2 cm³/mol. The molecular weight excluding hydrogens is 250 g/mol. The summed E-state index contributed by atoms with van der Waals surface area (Å²) in [5, 5.41) is 3.22. The fraction of sp³-hybridized carbons (Fsp3) is 0.625. The quantitative estimate of drug-likeness (QED) is 0.918. The lowest BCUT2D eigenvalue weighted by Crippen LogP contribution is -2.29. The zero-order valence-corrected chi connectivity index (χ0v) is 13.2. The largest absolute Gasteiger partial charge is 0.370 e. The number of nitrogens with zero attached hydrogens (tertiary/aromatic N) is 2. The Balaban J connectivity index is 2.35. The van der Waals surface area contributed by atoms with Gasteiger partial charge in [0.05, 0.1) is 0 Å². The topological polar surface area (TPSA) is 45.2 Å². The third kappa shape index (κ3) is 3.30. The van der Waals surface area contributed by atoms with Gasteiger partial charge < -0.3 is 10.2 Å². The van der Waals surface area contributed by atoms with Gasteiger partial charge in [-0.3, -0.25) is 4.79 Å². The van der Waals surface area contributed by atoms with Crippen molar-refractivity contribution in [1.29, 1.82) is 0 Å². The van der Waals surface area contributed by atoms with Crippen LogP contribution in [-0.4, -0.2) is 35.4 Å². The summed E-state index contributed by atoms with van der Waals surface area (Å²) >= 11 is 0. The summed E-state index contributed by atoms with van der Waals surface area (Å²) in [6, 6.07) is 4.22. The van der Waals surface area contributed by atoms with Gasteiger partial charge in [0.2, 0.25) is 0 Å². The van der Waals surface area contributed by atoms with Crippen molar-refractivity contribution in [2.24, 2.45) is 0 Å². The Hall–Kier alpha value is -1.58. The second kappa shape index (κ2) is 5.43. The maximum Gasteiger partial charge on any atom is 0.254 e. The van der Waals surface area contributed by atoms with Gasteiger partial charge in [-0.25, -0.2) is 4.98 Å². The van der Waals surface area contributed by atoms with E-state index in [1.54, 1.807) is 0 Å². The van der Waals surface area contributed by atoms with E-state index in [1.165, 1.54) is 0 Å². The van der Waals surface area contributed by atoms with Gasteiger partial charge in [-0.05, 0) is 31.9 Å². The van der Waals surface area contributed by atoms with E-state index in [9.17, 15) is 4.79 Å². The van der Waals surface area contributed by atoms with Gasteiger partial charge in [-0.2, -0.15) is 0 Å². The number of rotatable bonds is 4. The van der Waals surface area contributed by atoms with Gasteiger partial charge in [0.25, 0.3) is 5.91 Å². The van der Waals surface area contributed by atoms with Crippen molar-refractivity contribution in [3.05, 3.63) is 23.4 Å². The molecular formula is C16H25N3O. The molecule has 0 saturated heterocycles. The lowest BCUT2D eigenvalue weighted by atomic mass is 9.90. The Morgan fingerprint density at radius 2 is 2.05 bits per heavy atom. The second-order valence-corrected chi connectivity index (χ2v) is 6.55. The first-order valence-electron chi connectivity index (χ1n) is 7.36. The Labute approximate surface area is 121 Å². The molecule has 1 aliphatic rings. The number of amides is 1. The van der Waals surface area contributed by atoms with Gasteiger partial charge in [-0.1, -0.05) is 20.8 Å². The van der Waals surface area contributed by atoms with Gasteiger partial charge in [0.1, 0.15) is 5.82 Å². The van der Waals surface area contributed by atoms with E-state index >= 15 is 0 Å². The van der Waals surface area contributed by atoms with E-state index in [1.807, 2.05) is 31.0 Å². The van der Waals surface area contributed by atoms with Crippen molar-refractivity contribution in [2.75, 3.05) is 18.9 Å². The molecule has 1 amide bonds. The number of nitrogens with one attached hydrogen (secondary N) is 1. The number of hydrogen-bond donors (Lipinski definition) is 1. The summed E-state index contributed by atoms with van der Waals surface area (Å²) in [7, 11) is 1.89. The molecule has 1 fully saturated rings. The molecule has 1 heterocycles. The molecule has 20 heavy (non-hydrogen) atoms. The molecule has 0 spiro atoms. The van der Waals surface area contributed by atoms with Crippen LogP contribution >= 0.6 is 0 Å². The van der Waals surface area contributed by atoms with Crippen molar-refractivity contribution in [3.8, 4) is 0 Å². The summed E-state index contributed by atoms with van der Waals surface area (Å²) in [6.45, 7) is 9.17. The van der Waals surface area contributed by atoms with Crippen LogP contribution in [0.2, 0.25) is 0 Å². The van der Waals surface area contributed by atoms with Crippen molar-refractivity contribution < 1.29 is 4.79 Å². The number of carbonyl (C=O) groups excluding carboxylic acids is 1. The fourth-order valence-corrected chi connectivity index (χ4v) is 2.14. The van der Waals surface area contributed by atoms with Crippen LogP contribution in [0.15, 0.2) is 12.1 Å². The Morgan fingerprint density at radius 1 is 1.40 bits per heavy atom. The zero-order valence-electron chi connectivity index (χ0n) is 13.2. The predicted octanol–water partition coefficient (Wildman–Crippen LogP) is 3.05. The molecule has 4 heteroatoms. The van der Waals surface area contributed by atoms with Crippen molar-refractivity contribution >= 4 is 11.7 Å². The highest BCUT2D eigenvalue weighted by Gasteiger charge is 2.31. The van der Waals surface area contributed by atoms with Gasteiger partial charge in [0.15, 0.2) is 0 Å². The molecule has 0 bridgehead atoms. The summed E-state index contributed by atoms with van der Waals surface area (Å²) in [6.07, 6.45) is 2.25. The highest BCUT2D eigenvalue weighted by molar-refractivity contribution is 5.95. The smallest absolute Gasteiger partial charge is 0.254 e. The number of hydrogen-bond acceptors (Lipinski definition) is 3. The van der Waals surface area contributed by atoms with Crippen LogP contribution in [0.1, 0.15) is 56.6 Å². The van der Waals surface area contributed by atoms with Crippen LogP contribution in [0.25, 0.3) is 0 Å². The van der Waals surface area contributed by atoms with Crippen LogP contribution in [0.5, 0.6) is 0 Å². The highest BCUT2D eigenvalue weighted by Crippen LogP contribution is 2.28. The Bertz CT molecular complexity index is 501. The minimum Gasteiger partial charge on any atom is -0.370 e. The molecule has 1 aliphatic carbocycles. The maximum absolute atomic E-state index is 12.5. The monoisotopic (exact) mass is 275 g/mol. The molecule has 110 valence electrons. The molecule has 2 rings (SSSR count). The summed E-state index contributed by atoms with van der Waals surface area (Å²) < 4.78 is 0. The van der Waals surface area contributed by atoms with Crippen LogP contribution in [0.3, 0.4) is 0 Å². The molecule has 0 atom stereocenters. The molecule has 1 saturated carbocycles. The molecule has 1 N–H and O–H groups in total. The van der Waals surface area contributed by atoms with Crippen LogP contribution in [0.4, 0.5) is 5.82 Å². The molecule has 0 radical (unpaired) electrons. The average molecular weight is 275 g/mol. The van der Waals surface area contributed by atoms with Gasteiger partial charge in [-0.15, -0.1) is 0 Å². The van der Waals surface area contributed by atoms with Crippen LogP contribution < -0.4 is 5.32 Å². The minimum absolute atomic E-state index is 0.0708. The first kappa shape index (κ1) is 14.8. The molecule has 4 nitrogen and oxygen atoms in total. The normalized spacial score (nSPS) is 15.1. The standard InChI is InChI=1S/C16H25N3O/c1-6-17-14-10-11(9-13(18-14)16(2,3)4)15(20)19(5)12-7-8-12/h9-10,12H,6-8H2,1-5H3,(H,17,18). The summed E-state index contributed by atoms with van der Waals surface area (Å²) in [5.74, 6) is 0.882. The zero-order chi connectivity index (χ0) is 14.9. The molecule has 1 aromatic heterocycles. The fourth-order valence-electron chi connectivity index (χ4n) is 2.14. The number of aromatic nitrogens is 1. The summed E-state index contributed by atoms with van der Waals surface area (Å²) in [5.41, 5.74) is 1.61. The first-order valence-corrected chi connectivity index (χ1v) is 7.36. The molecule has 0 aliphatic heterocycles. The lowest BCUT2D eigenvalue weighted by molar-refractivity contribution is 0.0785. The number of pyridine rings is 1. The van der Waals surface area contributed by atoms with Crippen molar-refractivity contribution in [1.82, 2.24) is 9.88 Å². The minimum atomic E-state index is -0.0708. The molecule has 1 aromatic rings. The lowest BCUT2D eigenvalue weighted by Gasteiger charge is -2.22. The number of carbonyl (C=O) groups is 1. The Kier molecular flexibility index (Phi) is 4.02. The van der Waals surface area contributed by atoms with E-state index in [2.05, 4.69) is 31.1 Å². The average Bonchev–Trinajstić information content (AvgIpc) is 3.20. The van der Waals surface area contributed by atoms with E-state index < -0.39 is 0 Å². The van der Waals surface area contributed by atoms with Gasteiger partial charge in [0, 0.05) is 36.3 Å². The van der Waals surface area contributed by atoms with Crippen LogP contribution in [-0.2, 0) is 5.41 Å². The van der Waals surface area contributed by atoms with E-state index in [0.717, 1.165) is 36.5 Å². The second-order valence-electron chi connectivity index (χ2n) is 6.55. The SMILES string of the molecule is CCNc1cc(C(=O)N(C)C2CC2)cc(C(C)(C)C)n1. The maximum atomic E-state index is 12.5. The molecule has 0 aromatic carbocycles. The van der Waals surface area contributed by atoms with E-state index in [-0.39, 0.29) is 11.3 Å². The highest BCUT2D eigenvalue weighted by atomic mass is 16.2. The third-order valence-corrected chi connectivity index (χ3v) is 3.61.